The van der Waals surface area contributed by atoms with E-state index in [0.717, 1.165) is 10.8 Å². The van der Waals surface area contributed by atoms with Crippen LogP contribution < -0.4 is 5.32 Å². The zero-order valence-electron chi connectivity index (χ0n) is 11.4. The van der Waals surface area contributed by atoms with Crippen molar-refractivity contribution in [1.29, 1.82) is 0 Å². The van der Waals surface area contributed by atoms with Gasteiger partial charge in [-0.1, -0.05) is 24.3 Å². The normalized spacial score (nSPS) is 12.2. The molecule has 2 N–H and O–H groups in total. The zero-order chi connectivity index (χ0) is 14.4. The number of hydrogen-bond acceptors (Lipinski definition) is 4. The summed E-state index contributed by atoms with van der Waals surface area (Å²) in [4.78, 5) is 15.6. The lowest BCUT2D eigenvalue weighted by atomic mass is 10.1. The van der Waals surface area contributed by atoms with E-state index in [0.29, 0.717) is 25.3 Å². The van der Waals surface area contributed by atoms with Crippen LogP contribution in [0, 0.1) is 0 Å². The number of carboxylic acid groups (broad SMARTS) is 1. The summed E-state index contributed by atoms with van der Waals surface area (Å²) in [6, 6.07) is 9.00. The minimum Gasteiger partial charge on any atom is -0.480 e. The van der Waals surface area contributed by atoms with Crippen LogP contribution in [0.4, 0.5) is 5.82 Å². The van der Waals surface area contributed by atoms with Gasteiger partial charge in [0.25, 0.3) is 0 Å². The molecule has 106 valence electrons. The minimum absolute atomic E-state index is 0.494. The van der Waals surface area contributed by atoms with E-state index in [2.05, 4.69) is 10.3 Å². The van der Waals surface area contributed by atoms with Gasteiger partial charge in [-0.05, 0) is 24.3 Å². The van der Waals surface area contributed by atoms with Crippen LogP contribution in [0.1, 0.15) is 12.8 Å². The molecule has 1 aromatic carbocycles. The molecule has 20 heavy (non-hydrogen) atoms. The Balaban J connectivity index is 2.18. The monoisotopic (exact) mass is 274 g/mol. The Morgan fingerprint density at radius 3 is 2.95 bits per heavy atom. The molecule has 0 saturated carbocycles. The molecule has 0 aliphatic carbocycles. The number of hydrogen-bond donors (Lipinski definition) is 2. The molecule has 2 rings (SSSR count). The summed E-state index contributed by atoms with van der Waals surface area (Å²) < 4.78 is 4.96. The Morgan fingerprint density at radius 1 is 1.40 bits per heavy atom. The van der Waals surface area contributed by atoms with Crippen LogP contribution in [0.5, 0.6) is 0 Å². The van der Waals surface area contributed by atoms with Crippen molar-refractivity contribution in [2.24, 2.45) is 0 Å². The summed E-state index contributed by atoms with van der Waals surface area (Å²) in [6.07, 6.45) is 2.86. The van der Waals surface area contributed by atoms with E-state index >= 15 is 0 Å². The molecule has 1 atom stereocenters. The van der Waals surface area contributed by atoms with Gasteiger partial charge in [0.05, 0.1) is 0 Å². The maximum absolute atomic E-state index is 11.3. The Hall–Kier alpha value is -2.14. The van der Waals surface area contributed by atoms with Crippen molar-refractivity contribution in [3.63, 3.8) is 0 Å². The van der Waals surface area contributed by atoms with Crippen LogP contribution >= 0.6 is 0 Å². The van der Waals surface area contributed by atoms with Crippen molar-refractivity contribution in [2.75, 3.05) is 19.0 Å². The lowest BCUT2D eigenvalue weighted by Gasteiger charge is -2.16. The smallest absolute Gasteiger partial charge is 0.326 e. The number of rotatable bonds is 7. The zero-order valence-corrected chi connectivity index (χ0v) is 11.4. The number of carbonyl (C=O) groups is 1. The number of nitrogens with zero attached hydrogens (tertiary/aromatic N) is 1. The number of carboxylic acids is 1. The molecule has 0 saturated heterocycles. The highest BCUT2D eigenvalue weighted by atomic mass is 16.5. The fourth-order valence-corrected chi connectivity index (χ4v) is 2.09. The number of methoxy groups -OCH3 is 1. The van der Waals surface area contributed by atoms with Gasteiger partial charge < -0.3 is 15.2 Å². The molecule has 0 fully saturated rings. The van der Waals surface area contributed by atoms with Gasteiger partial charge in [0, 0.05) is 25.3 Å². The highest BCUT2D eigenvalue weighted by molar-refractivity contribution is 5.93. The maximum Gasteiger partial charge on any atom is 0.326 e. The van der Waals surface area contributed by atoms with E-state index in [9.17, 15) is 9.90 Å². The molecule has 0 aliphatic heterocycles. The fourth-order valence-electron chi connectivity index (χ4n) is 2.09. The number of anilines is 1. The van der Waals surface area contributed by atoms with E-state index < -0.39 is 12.0 Å². The van der Waals surface area contributed by atoms with E-state index in [1.165, 1.54) is 0 Å². The third-order valence-corrected chi connectivity index (χ3v) is 3.12. The minimum atomic E-state index is -0.879. The summed E-state index contributed by atoms with van der Waals surface area (Å²) >= 11 is 0. The van der Waals surface area contributed by atoms with Gasteiger partial charge >= 0.3 is 5.97 Å². The van der Waals surface area contributed by atoms with Crippen LogP contribution in [-0.4, -0.2) is 35.8 Å². The molecule has 5 heteroatoms. The van der Waals surface area contributed by atoms with Crippen molar-refractivity contribution in [1.82, 2.24) is 4.98 Å². The third kappa shape index (κ3) is 3.45. The van der Waals surface area contributed by atoms with E-state index in [4.69, 9.17) is 4.74 Å². The topological polar surface area (TPSA) is 71.5 Å². The second-order valence-electron chi connectivity index (χ2n) is 4.55. The number of ether oxygens (including phenoxy) is 1. The van der Waals surface area contributed by atoms with Gasteiger partial charge in [-0.15, -0.1) is 0 Å². The van der Waals surface area contributed by atoms with Gasteiger partial charge in [-0.25, -0.2) is 9.78 Å². The van der Waals surface area contributed by atoms with Gasteiger partial charge in [-0.2, -0.15) is 0 Å². The molecule has 0 spiro atoms. The first-order valence-electron chi connectivity index (χ1n) is 6.54. The fraction of sp³-hybridized carbons (Fsp3) is 0.333. The lowest BCUT2D eigenvalue weighted by Crippen LogP contribution is -2.30. The van der Waals surface area contributed by atoms with Crippen LogP contribution in [0.3, 0.4) is 0 Å². The molecule has 0 amide bonds. The average Bonchev–Trinajstić information content (AvgIpc) is 2.46. The summed E-state index contributed by atoms with van der Waals surface area (Å²) in [6.45, 7) is 0.550. The summed E-state index contributed by atoms with van der Waals surface area (Å²) in [5.41, 5.74) is 0. The molecule has 0 aliphatic rings. The van der Waals surface area contributed by atoms with Gasteiger partial charge in [-0.3, -0.25) is 0 Å². The quantitative estimate of drug-likeness (QED) is 0.759. The van der Waals surface area contributed by atoms with Gasteiger partial charge in [0.15, 0.2) is 0 Å². The Morgan fingerprint density at radius 2 is 2.20 bits per heavy atom. The molecule has 2 aromatic rings. The average molecular weight is 274 g/mol. The van der Waals surface area contributed by atoms with Crippen LogP contribution in [0.2, 0.25) is 0 Å². The number of pyridine rings is 1. The summed E-state index contributed by atoms with van der Waals surface area (Å²) in [5, 5.41) is 14.2. The molecule has 0 radical (unpaired) electrons. The van der Waals surface area contributed by atoms with Crippen LogP contribution in [0.15, 0.2) is 36.5 Å². The second-order valence-corrected chi connectivity index (χ2v) is 4.55. The second kappa shape index (κ2) is 6.86. The molecular formula is C15H18N2O3. The lowest BCUT2D eigenvalue weighted by molar-refractivity contribution is -0.138. The number of fused-ring (bicyclic) bond motifs is 1. The van der Waals surface area contributed by atoms with Gasteiger partial charge in [0.1, 0.15) is 11.9 Å². The highest BCUT2D eigenvalue weighted by Gasteiger charge is 2.18. The number of benzene rings is 1. The largest absolute Gasteiger partial charge is 0.480 e. The number of aromatic nitrogens is 1. The molecule has 1 aromatic heterocycles. The SMILES string of the molecule is COCCCC(Nc1nccc2ccccc12)C(=O)O. The first-order valence-corrected chi connectivity index (χ1v) is 6.54. The van der Waals surface area contributed by atoms with Crippen molar-refractivity contribution in [2.45, 2.75) is 18.9 Å². The molecule has 1 unspecified atom stereocenters. The predicted octanol–water partition coefficient (Wildman–Crippen LogP) is 2.53. The van der Waals surface area contributed by atoms with E-state index in [1.54, 1.807) is 13.3 Å². The summed E-state index contributed by atoms with van der Waals surface area (Å²) in [5.74, 6) is -0.274. The first-order chi connectivity index (χ1) is 9.72. The van der Waals surface area contributed by atoms with Crippen LogP contribution in [0.25, 0.3) is 10.8 Å². The Labute approximate surface area is 117 Å². The van der Waals surface area contributed by atoms with Crippen molar-refractivity contribution >= 4 is 22.6 Å². The number of nitrogens with one attached hydrogen (secondary N) is 1. The molecule has 0 bridgehead atoms. The van der Waals surface area contributed by atoms with E-state index in [-0.39, 0.29) is 0 Å². The third-order valence-electron chi connectivity index (χ3n) is 3.12. The van der Waals surface area contributed by atoms with Crippen LogP contribution in [-0.2, 0) is 9.53 Å². The van der Waals surface area contributed by atoms with Crippen molar-refractivity contribution in [3.8, 4) is 0 Å². The van der Waals surface area contributed by atoms with Gasteiger partial charge in [0.2, 0.25) is 0 Å². The number of aliphatic carboxylic acids is 1. The summed E-state index contributed by atoms with van der Waals surface area (Å²) in [7, 11) is 1.61. The maximum atomic E-state index is 11.3. The molecule has 1 heterocycles. The first kappa shape index (κ1) is 14.3. The predicted molar refractivity (Wildman–Crippen MR) is 77.9 cm³/mol. The van der Waals surface area contributed by atoms with Crippen molar-refractivity contribution in [3.05, 3.63) is 36.5 Å². The Bertz CT molecular complexity index is 581. The van der Waals surface area contributed by atoms with E-state index in [1.807, 2.05) is 30.3 Å². The highest BCUT2D eigenvalue weighted by Crippen LogP contribution is 2.21. The molecular weight excluding hydrogens is 256 g/mol. The van der Waals surface area contributed by atoms with Crippen molar-refractivity contribution < 1.29 is 14.6 Å². The standard InChI is InChI=1S/C15H18N2O3/c1-20-10-4-7-13(15(18)19)17-14-12-6-3-2-5-11(12)8-9-16-14/h2-3,5-6,8-9,13H,4,7,10H2,1H3,(H,16,17)(H,18,19). The molecule has 5 nitrogen and oxygen atoms in total. The Kier molecular flexibility index (Phi) is 4.90.